The molecule has 0 amide bonds. The van der Waals surface area contributed by atoms with E-state index >= 15 is 0 Å². The average molecular weight is 333 g/mol. The van der Waals surface area contributed by atoms with Crippen molar-refractivity contribution in [2.24, 2.45) is 0 Å². The fourth-order valence-electron chi connectivity index (χ4n) is 2.86. The van der Waals surface area contributed by atoms with Crippen molar-refractivity contribution in [3.8, 4) is 17.4 Å². The van der Waals surface area contributed by atoms with E-state index in [0.717, 1.165) is 10.9 Å². The predicted octanol–water partition coefficient (Wildman–Crippen LogP) is 3.71. The Morgan fingerprint density at radius 2 is 1.72 bits per heavy atom. The summed E-state index contributed by atoms with van der Waals surface area (Å²) in [5, 5.41) is 0.841. The van der Waals surface area contributed by atoms with Crippen LogP contribution in [0.15, 0.2) is 48.5 Å². The van der Waals surface area contributed by atoms with Crippen molar-refractivity contribution >= 4 is 28.5 Å². The summed E-state index contributed by atoms with van der Waals surface area (Å²) in [6, 6.07) is 15.1. The van der Waals surface area contributed by atoms with E-state index in [0.29, 0.717) is 34.0 Å². The van der Waals surface area contributed by atoms with Crippen LogP contribution in [0.3, 0.4) is 0 Å². The summed E-state index contributed by atoms with van der Waals surface area (Å²) in [4.78, 5) is 16.7. The molecule has 0 radical (unpaired) electrons. The second-order valence-electron chi connectivity index (χ2n) is 5.60. The molecule has 0 aliphatic carbocycles. The van der Waals surface area contributed by atoms with Gasteiger partial charge in [-0.2, -0.15) is 0 Å². The number of rotatable bonds is 3. The monoisotopic (exact) mass is 333 g/mol. The molecule has 0 atom stereocenters. The Hall–Kier alpha value is -3.34. The third-order valence-electron chi connectivity index (χ3n) is 4.10. The summed E-state index contributed by atoms with van der Waals surface area (Å²) >= 11 is 0. The van der Waals surface area contributed by atoms with Crippen LogP contribution in [0.5, 0.6) is 17.4 Å². The maximum Gasteiger partial charge on any atom is 0.345 e. The first-order chi connectivity index (χ1) is 12.2. The van der Waals surface area contributed by atoms with Crippen LogP contribution < -0.4 is 14.2 Å². The lowest BCUT2D eigenvalue weighted by Gasteiger charge is -2.09. The van der Waals surface area contributed by atoms with Gasteiger partial charge in [0.15, 0.2) is 11.5 Å². The lowest BCUT2D eigenvalue weighted by atomic mass is 10.0. The van der Waals surface area contributed by atoms with Crippen molar-refractivity contribution in [1.29, 1.82) is 0 Å². The number of hydrogen-bond donors (Lipinski definition) is 0. The predicted molar refractivity (Wildman–Crippen MR) is 94.8 cm³/mol. The standard InChI is InChI=1S/C20H15NO4/c1-23-17-10-13-9-14-15(8-12-6-4-3-5-7-12)20(22)25-19(14)21-16(13)11-18(17)24-2/h3-11H,1-2H3. The minimum Gasteiger partial charge on any atom is -0.493 e. The molecule has 1 aliphatic heterocycles. The zero-order chi connectivity index (χ0) is 17.4. The van der Waals surface area contributed by atoms with Gasteiger partial charge in [-0.25, -0.2) is 9.78 Å². The summed E-state index contributed by atoms with van der Waals surface area (Å²) in [6.45, 7) is 0. The molecule has 2 heterocycles. The third-order valence-corrected chi connectivity index (χ3v) is 4.10. The molecule has 4 rings (SSSR count). The zero-order valence-corrected chi connectivity index (χ0v) is 13.8. The van der Waals surface area contributed by atoms with E-state index in [2.05, 4.69) is 4.98 Å². The molecule has 0 fully saturated rings. The molecule has 2 aromatic carbocycles. The summed E-state index contributed by atoms with van der Waals surface area (Å²) in [5.74, 6) is 1.09. The number of nitrogens with zero attached hydrogens (tertiary/aromatic N) is 1. The molecule has 1 aromatic heterocycles. The summed E-state index contributed by atoms with van der Waals surface area (Å²) < 4.78 is 16.0. The van der Waals surface area contributed by atoms with E-state index in [9.17, 15) is 4.79 Å². The molecule has 5 heteroatoms. The highest BCUT2D eigenvalue weighted by molar-refractivity contribution is 6.26. The van der Waals surface area contributed by atoms with Gasteiger partial charge in [0, 0.05) is 11.5 Å². The second kappa shape index (κ2) is 5.94. The highest BCUT2D eigenvalue weighted by atomic mass is 16.5. The van der Waals surface area contributed by atoms with Gasteiger partial charge in [-0.05, 0) is 23.8 Å². The fourth-order valence-corrected chi connectivity index (χ4v) is 2.86. The molecular weight excluding hydrogens is 318 g/mol. The number of hydrogen-bond acceptors (Lipinski definition) is 5. The molecule has 0 bridgehead atoms. The molecule has 5 nitrogen and oxygen atoms in total. The summed E-state index contributed by atoms with van der Waals surface area (Å²) in [6.07, 6.45) is 1.81. The summed E-state index contributed by atoms with van der Waals surface area (Å²) in [5.41, 5.74) is 2.76. The van der Waals surface area contributed by atoms with Gasteiger partial charge in [-0.3, -0.25) is 0 Å². The number of carbonyl (C=O) groups is 1. The number of fused-ring (bicyclic) bond motifs is 2. The van der Waals surface area contributed by atoms with Crippen LogP contribution in [0.25, 0.3) is 22.6 Å². The Balaban J connectivity index is 1.89. The van der Waals surface area contributed by atoms with Crippen LogP contribution in [0.2, 0.25) is 0 Å². The number of benzene rings is 2. The van der Waals surface area contributed by atoms with Crippen molar-refractivity contribution in [1.82, 2.24) is 4.98 Å². The average Bonchev–Trinajstić information content (AvgIpc) is 2.94. The van der Waals surface area contributed by atoms with Gasteiger partial charge in [0.25, 0.3) is 0 Å². The van der Waals surface area contributed by atoms with Crippen LogP contribution >= 0.6 is 0 Å². The molecule has 0 unspecified atom stereocenters. The van der Waals surface area contributed by atoms with Gasteiger partial charge in [0.1, 0.15) is 0 Å². The first kappa shape index (κ1) is 15.2. The number of pyridine rings is 1. The smallest absolute Gasteiger partial charge is 0.345 e. The number of methoxy groups -OCH3 is 2. The first-order valence-electron chi connectivity index (χ1n) is 7.75. The Labute approximate surface area is 144 Å². The van der Waals surface area contributed by atoms with Crippen molar-refractivity contribution < 1.29 is 19.0 Å². The first-order valence-corrected chi connectivity index (χ1v) is 7.75. The molecule has 0 saturated heterocycles. The van der Waals surface area contributed by atoms with Gasteiger partial charge in [0.05, 0.1) is 30.9 Å². The molecule has 0 saturated carbocycles. The van der Waals surface area contributed by atoms with E-state index in [1.54, 1.807) is 20.3 Å². The molecule has 0 spiro atoms. The van der Waals surface area contributed by atoms with Gasteiger partial charge < -0.3 is 14.2 Å². The van der Waals surface area contributed by atoms with Crippen molar-refractivity contribution in [2.75, 3.05) is 14.2 Å². The lowest BCUT2D eigenvalue weighted by molar-refractivity contribution is -0.127. The minimum atomic E-state index is -0.402. The van der Waals surface area contributed by atoms with Crippen molar-refractivity contribution in [2.45, 2.75) is 0 Å². The van der Waals surface area contributed by atoms with Crippen LogP contribution in [-0.4, -0.2) is 25.2 Å². The highest BCUT2D eigenvalue weighted by Crippen LogP contribution is 2.39. The molecule has 124 valence electrons. The largest absolute Gasteiger partial charge is 0.493 e. The Morgan fingerprint density at radius 1 is 1.00 bits per heavy atom. The molecule has 0 N–H and O–H groups in total. The van der Waals surface area contributed by atoms with Crippen molar-refractivity contribution in [3.63, 3.8) is 0 Å². The normalized spacial score (nSPS) is 14.5. The Bertz CT molecular complexity index is 1010. The van der Waals surface area contributed by atoms with E-state index < -0.39 is 5.97 Å². The van der Waals surface area contributed by atoms with Crippen LogP contribution in [-0.2, 0) is 4.79 Å². The van der Waals surface area contributed by atoms with Gasteiger partial charge in [-0.1, -0.05) is 30.3 Å². The molecule has 25 heavy (non-hydrogen) atoms. The molecule has 1 aliphatic rings. The number of carbonyl (C=O) groups excluding carboxylic acids is 1. The molecule has 3 aromatic rings. The van der Waals surface area contributed by atoms with Crippen LogP contribution in [0.1, 0.15) is 11.1 Å². The van der Waals surface area contributed by atoms with Gasteiger partial charge >= 0.3 is 5.97 Å². The van der Waals surface area contributed by atoms with Gasteiger partial charge in [-0.15, -0.1) is 0 Å². The van der Waals surface area contributed by atoms with E-state index in [1.807, 2.05) is 48.5 Å². The molecular formula is C20H15NO4. The maximum absolute atomic E-state index is 12.3. The Morgan fingerprint density at radius 3 is 2.44 bits per heavy atom. The highest BCUT2D eigenvalue weighted by Gasteiger charge is 2.29. The van der Waals surface area contributed by atoms with E-state index in [1.165, 1.54) is 0 Å². The topological polar surface area (TPSA) is 57.6 Å². The fraction of sp³-hybridized carbons (Fsp3) is 0.100. The zero-order valence-electron chi connectivity index (χ0n) is 13.8. The number of esters is 1. The second-order valence-corrected chi connectivity index (χ2v) is 5.60. The van der Waals surface area contributed by atoms with Gasteiger partial charge in [0.2, 0.25) is 5.88 Å². The lowest BCUT2D eigenvalue weighted by Crippen LogP contribution is -2.00. The van der Waals surface area contributed by atoms with Crippen molar-refractivity contribution in [3.05, 3.63) is 59.7 Å². The number of ether oxygens (including phenoxy) is 3. The van der Waals surface area contributed by atoms with E-state index in [-0.39, 0.29) is 0 Å². The van der Waals surface area contributed by atoms with E-state index in [4.69, 9.17) is 14.2 Å². The SMILES string of the molecule is COc1cc2cc3c(nc2cc1OC)OC(=O)C3=Cc1ccccc1. The summed E-state index contributed by atoms with van der Waals surface area (Å²) in [7, 11) is 3.15. The third kappa shape index (κ3) is 2.59. The Kier molecular flexibility index (Phi) is 3.61. The maximum atomic E-state index is 12.3. The van der Waals surface area contributed by atoms with Crippen LogP contribution in [0.4, 0.5) is 0 Å². The number of aromatic nitrogens is 1. The quantitative estimate of drug-likeness (QED) is 0.540. The van der Waals surface area contributed by atoms with Crippen LogP contribution in [0, 0.1) is 0 Å². The minimum absolute atomic E-state index is 0.312.